The molecule has 0 saturated heterocycles. The highest BCUT2D eigenvalue weighted by atomic mass is 16.5. The number of aromatic amines is 2. The molecule has 0 bridgehead atoms. The van der Waals surface area contributed by atoms with E-state index in [1.165, 1.54) is 24.0 Å². The van der Waals surface area contributed by atoms with Crippen LogP contribution in [0.2, 0.25) is 0 Å². The van der Waals surface area contributed by atoms with Gasteiger partial charge in [-0.1, -0.05) is 24.3 Å². The Bertz CT molecular complexity index is 1590. The highest BCUT2D eigenvalue weighted by Crippen LogP contribution is 2.41. The minimum atomic E-state index is 0.538. The third-order valence-corrected chi connectivity index (χ3v) is 6.97. The van der Waals surface area contributed by atoms with E-state index in [4.69, 9.17) is 19.4 Å². The SMILES string of the molecule is COCCN(C)Cc1ccc2nc(-c3[nH]ncc3Nc3nc(-c4cccc(C5CC5)c4)ncc3OC)[nH]c2c1. The number of fused-ring (bicyclic) bond motifs is 1. The Kier molecular flexibility index (Phi) is 6.95. The van der Waals surface area contributed by atoms with Crippen LogP contribution in [0.3, 0.4) is 0 Å². The number of H-pyrrole nitrogens is 2. The van der Waals surface area contributed by atoms with Gasteiger partial charge in [0.25, 0.3) is 0 Å². The number of anilines is 2. The van der Waals surface area contributed by atoms with E-state index in [-0.39, 0.29) is 0 Å². The minimum absolute atomic E-state index is 0.538. The molecule has 200 valence electrons. The van der Waals surface area contributed by atoms with Crippen LogP contribution in [0.1, 0.15) is 29.9 Å². The molecule has 0 atom stereocenters. The zero-order chi connectivity index (χ0) is 26.8. The standard InChI is InChI=1S/C29H32N8O2/c1-37(11-12-38-2)17-18-7-10-22-23(13-18)33-29(32-22)26-24(15-31-36-26)34-28-25(39-3)16-30-27(35-28)21-6-4-5-20(14-21)19-8-9-19/h4-7,10,13-16,19H,8-9,11-12,17H2,1-3H3,(H,31,36)(H,32,33)(H,30,34,35). The number of benzene rings is 2. The molecule has 10 nitrogen and oxygen atoms in total. The molecule has 5 aromatic rings. The van der Waals surface area contributed by atoms with Crippen molar-refractivity contribution in [3.05, 3.63) is 66.0 Å². The van der Waals surface area contributed by atoms with Crippen LogP contribution < -0.4 is 10.1 Å². The van der Waals surface area contributed by atoms with Gasteiger partial charge in [0.1, 0.15) is 5.69 Å². The highest BCUT2D eigenvalue weighted by molar-refractivity contribution is 5.83. The summed E-state index contributed by atoms with van der Waals surface area (Å²) in [5.74, 6) is 3.07. The first-order valence-corrected chi connectivity index (χ1v) is 13.1. The topological polar surface area (TPSA) is 117 Å². The Morgan fingerprint density at radius 2 is 1.97 bits per heavy atom. The van der Waals surface area contributed by atoms with Gasteiger partial charge < -0.3 is 19.8 Å². The molecular formula is C29H32N8O2. The van der Waals surface area contributed by atoms with Gasteiger partial charge in [0.2, 0.25) is 0 Å². The summed E-state index contributed by atoms with van der Waals surface area (Å²) >= 11 is 0. The van der Waals surface area contributed by atoms with E-state index in [0.717, 1.165) is 41.1 Å². The van der Waals surface area contributed by atoms with Crippen molar-refractivity contribution in [3.8, 4) is 28.7 Å². The van der Waals surface area contributed by atoms with Crippen molar-refractivity contribution in [2.24, 2.45) is 0 Å². The summed E-state index contributed by atoms with van der Waals surface area (Å²) in [6.45, 7) is 2.39. The number of hydrogen-bond donors (Lipinski definition) is 3. The van der Waals surface area contributed by atoms with Crippen LogP contribution >= 0.6 is 0 Å². The van der Waals surface area contributed by atoms with Crippen LogP contribution in [-0.2, 0) is 11.3 Å². The van der Waals surface area contributed by atoms with E-state index in [1.807, 2.05) is 12.1 Å². The smallest absolute Gasteiger partial charge is 0.179 e. The molecule has 39 heavy (non-hydrogen) atoms. The lowest BCUT2D eigenvalue weighted by Gasteiger charge is -2.15. The van der Waals surface area contributed by atoms with Crippen molar-refractivity contribution < 1.29 is 9.47 Å². The Morgan fingerprint density at radius 1 is 1.08 bits per heavy atom. The van der Waals surface area contributed by atoms with E-state index >= 15 is 0 Å². The molecule has 0 unspecified atom stereocenters. The fourth-order valence-corrected chi connectivity index (χ4v) is 4.70. The Labute approximate surface area is 226 Å². The van der Waals surface area contributed by atoms with Crippen LogP contribution in [-0.4, -0.2) is 69.5 Å². The summed E-state index contributed by atoms with van der Waals surface area (Å²) < 4.78 is 10.8. The van der Waals surface area contributed by atoms with Crippen LogP contribution in [0.25, 0.3) is 33.9 Å². The predicted molar refractivity (Wildman–Crippen MR) is 151 cm³/mol. The summed E-state index contributed by atoms with van der Waals surface area (Å²) in [5, 5.41) is 10.7. The van der Waals surface area contributed by atoms with Crippen LogP contribution in [0.15, 0.2) is 54.9 Å². The van der Waals surface area contributed by atoms with E-state index in [9.17, 15) is 0 Å². The number of likely N-dealkylation sites (N-methyl/N-ethyl adjacent to an activating group) is 1. The van der Waals surface area contributed by atoms with Gasteiger partial charge in [-0.05, 0) is 55.1 Å². The second-order valence-electron chi connectivity index (χ2n) is 9.96. The normalized spacial score (nSPS) is 13.3. The van der Waals surface area contributed by atoms with E-state index in [0.29, 0.717) is 35.7 Å². The maximum absolute atomic E-state index is 5.57. The van der Waals surface area contributed by atoms with Gasteiger partial charge in [0, 0.05) is 25.8 Å². The summed E-state index contributed by atoms with van der Waals surface area (Å²) in [4.78, 5) is 19.8. The number of methoxy groups -OCH3 is 2. The molecule has 10 heteroatoms. The lowest BCUT2D eigenvalue weighted by Crippen LogP contribution is -2.22. The lowest BCUT2D eigenvalue weighted by atomic mass is 10.1. The number of imidazole rings is 1. The number of rotatable bonds is 11. The fraction of sp³-hybridized carbons (Fsp3) is 0.310. The first kappa shape index (κ1) is 25.0. The summed E-state index contributed by atoms with van der Waals surface area (Å²) in [6, 6.07) is 14.7. The van der Waals surface area contributed by atoms with Gasteiger partial charge in [-0.25, -0.2) is 15.0 Å². The maximum atomic E-state index is 5.57. The molecule has 0 spiro atoms. The molecule has 3 heterocycles. The number of nitrogens with one attached hydrogen (secondary N) is 3. The number of nitrogens with zero attached hydrogens (tertiary/aromatic N) is 5. The fourth-order valence-electron chi connectivity index (χ4n) is 4.70. The summed E-state index contributed by atoms with van der Waals surface area (Å²) in [6.07, 6.45) is 5.91. The summed E-state index contributed by atoms with van der Waals surface area (Å²) in [7, 11) is 5.41. The molecule has 1 saturated carbocycles. The second-order valence-corrected chi connectivity index (χ2v) is 9.96. The molecule has 2 aromatic carbocycles. The monoisotopic (exact) mass is 524 g/mol. The highest BCUT2D eigenvalue weighted by Gasteiger charge is 2.24. The zero-order valence-electron chi connectivity index (χ0n) is 22.4. The third kappa shape index (κ3) is 5.47. The van der Waals surface area contributed by atoms with Gasteiger partial charge in [-0.2, -0.15) is 5.10 Å². The van der Waals surface area contributed by atoms with Crippen LogP contribution in [0.4, 0.5) is 11.5 Å². The Hall–Kier alpha value is -4.28. The number of aromatic nitrogens is 6. The molecule has 1 fully saturated rings. The van der Waals surface area contributed by atoms with Crippen molar-refractivity contribution in [1.29, 1.82) is 0 Å². The molecule has 6 rings (SSSR count). The van der Waals surface area contributed by atoms with Crippen molar-refractivity contribution in [2.45, 2.75) is 25.3 Å². The Balaban J connectivity index is 1.26. The van der Waals surface area contributed by atoms with E-state index in [2.05, 4.69) is 67.8 Å². The second kappa shape index (κ2) is 10.8. The first-order valence-electron chi connectivity index (χ1n) is 13.1. The van der Waals surface area contributed by atoms with Gasteiger partial charge in [0.05, 0.1) is 42.8 Å². The largest absolute Gasteiger partial charge is 0.491 e. The van der Waals surface area contributed by atoms with Crippen molar-refractivity contribution in [2.75, 3.05) is 39.7 Å². The van der Waals surface area contributed by atoms with Crippen molar-refractivity contribution in [1.82, 2.24) is 35.0 Å². The number of ether oxygens (including phenoxy) is 2. The van der Waals surface area contributed by atoms with Gasteiger partial charge in [0.15, 0.2) is 23.2 Å². The van der Waals surface area contributed by atoms with Gasteiger partial charge in [-0.15, -0.1) is 0 Å². The van der Waals surface area contributed by atoms with Crippen molar-refractivity contribution in [3.63, 3.8) is 0 Å². The Morgan fingerprint density at radius 3 is 2.79 bits per heavy atom. The van der Waals surface area contributed by atoms with E-state index < -0.39 is 0 Å². The average molecular weight is 525 g/mol. The molecule has 3 N–H and O–H groups in total. The molecule has 0 aliphatic heterocycles. The molecule has 1 aliphatic carbocycles. The van der Waals surface area contributed by atoms with Gasteiger partial charge >= 0.3 is 0 Å². The van der Waals surface area contributed by atoms with Crippen molar-refractivity contribution >= 4 is 22.5 Å². The first-order chi connectivity index (χ1) is 19.1. The van der Waals surface area contributed by atoms with Gasteiger partial charge in [-0.3, -0.25) is 10.00 Å². The molecule has 0 radical (unpaired) electrons. The quantitative estimate of drug-likeness (QED) is 0.218. The lowest BCUT2D eigenvalue weighted by molar-refractivity contribution is 0.158. The number of hydrogen-bond acceptors (Lipinski definition) is 8. The average Bonchev–Trinajstić information content (AvgIpc) is 3.57. The maximum Gasteiger partial charge on any atom is 0.179 e. The predicted octanol–water partition coefficient (Wildman–Crippen LogP) is 5.12. The molecule has 3 aromatic heterocycles. The van der Waals surface area contributed by atoms with E-state index in [1.54, 1.807) is 26.6 Å². The zero-order valence-corrected chi connectivity index (χ0v) is 22.4. The third-order valence-electron chi connectivity index (χ3n) is 6.97. The minimum Gasteiger partial charge on any atom is -0.491 e. The molecular weight excluding hydrogens is 492 g/mol. The molecule has 1 aliphatic rings. The summed E-state index contributed by atoms with van der Waals surface area (Å²) in [5.41, 5.74) is 6.81. The molecule has 0 amide bonds. The van der Waals surface area contributed by atoms with Crippen LogP contribution in [0, 0.1) is 0 Å². The van der Waals surface area contributed by atoms with Crippen LogP contribution in [0.5, 0.6) is 5.75 Å².